The van der Waals surface area contributed by atoms with Crippen molar-refractivity contribution in [2.45, 2.75) is 101 Å². The summed E-state index contributed by atoms with van der Waals surface area (Å²) in [4.78, 5) is 4.51. The lowest BCUT2D eigenvalue weighted by molar-refractivity contribution is 0.384. The van der Waals surface area contributed by atoms with Crippen LogP contribution in [0.1, 0.15) is 103 Å². The van der Waals surface area contributed by atoms with Gasteiger partial charge in [0.25, 0.3) is 0 Å². The number of aromatic nitrogens is 1. The van der Waals surface area contributed by atoms with Crippen molar-refractivity contribution in [2.24, 2.45) is 11.8 Å². The molecule has 0 saturated heterocycles. The average Bonchev–Trinajstić information content (AvgIpc) is 2.78. The molecular formula is C32H51N. The van der Waals surface area contributed by atoms with Crippen molar-refractivity contribution in [1.29, 1.82) is 0 Å². The first kappa shape index (κ1) is 30.9. The van der Waals surface area contributed by atoms with E-state index < -0.39 is 0 Å². The number of nitrogens with zero attached hydrogens (tertiary/aromatic N) is 1. The molecule has 1 heterocycles. The summed E-state index contributed by atoms with van der Waals surface area (Å²) in [6.07, 6.45) is 12.6. The molecule has 1 aromatic heterocycles. The van der Waals surface area contributed by atoms with Crippen LogP contribution >= 0.6 is 0 Å². The van der Waals surface area contributed by atoms with E-state index in [2.05, 4.69) is 91.2 Å². The molecule has 0 aliphatic heterocycles. The molecule has 0 radical (unpaired) electrons. The first-order chi connectivity index (χ1) is 15.6. The predicted molar refractivity (Wildman–Crippen MR) is 152 cm³/mol. The van der Waals surface area contributed by atoms with Gasteiger partial charge in [-0.2, -0.15) is 0 Å². The highest BCUT2D eigenvalue weighted by molar-refractivity contribution is 5.66. The van der Waals surface area contributed by atoms with Gasteiger partial charge in [-0.15, -0.1) is 6.58 Å². The largest absolute Gasteiger partial charge is 0.256 e. The molecule has 0 bridgehead atoms. The minimum absolute atomic E-state index is 0.932. The molecule has 0 aliphatic rings. The lowest BCUT2D eigenvalue weighted by Crippen LogP contribution is -2.01. The third-order valence-electron chi connectivity index (χ3n) is 6.17. The van der Waals surface area contributed by atoms with E-state index in [1.54, 1.807) is 0 Å². The number of hydrogen-bond donors (Lipinski definition) is 0. The van der Waals surface area contributed by atoms with Crippen LogP contribution < -0.4 is 0 Å². The van der Waals surface area contributed by atoms with Crippen LogP contribution in [-0.4, -0.2) is 4.98 Å². The highest BCUT2D eigenvalue weighted by Crippen LogP contribution is 2.23. The molecule has 1 nitrogen and oxygen atoms in total. The lowest BCUT2D eigenvalue weighted by Gasteiger charge is -2.14. The van der Waals surface area contributed by atoms with Crippen molar-refractivity contribution < 1.29 is 0 Å². The van der Waals surface area contributed by atoms with Crippen molar-refractivity contribution >= 4 is 6.08 Å². The smallest absolute Gasteiger partial charge is 0.0655 e. The van der Waals surface area contributed by atoms with Crippen LogP contribution in [0.4, 0.5) is 0 Å². The van der Waals surface area contributed by atoms with Gasteiger partial charge in [0.05, 0.1) is 5.69 Å². The number of allylic oxidation sites excluding steroid dienone is 2. The molecular weight excluding hydrogens is 398 g/mol. The minimum atomic E-state index is 0.932. The predicted octanol–water partition coefficient (Wildman–Crippen LogP) is 10.5. The molecule has 1 heteroatoms. The molecule has 1 aromatic carbocycles. The van der Waals surface area contributed by atoms with Gasteiger partial charge in [-0.25, -0.2) is 0 Å². The van der Waals surface area contributed by atoms with Gasteiger partial charge >= 0.3 is 0 Å². The second kappa shape index (κ2) is 17.3. The van der Waals surface area contributed by atoms with E-state index in [9.17, 15) is 0 Å². The van der Waals surface area contributed by atoms with Crippen LogP contribution in [0.2, 0.25) is 0 Å². The van der Waals surface area contributed by atoms with Gasteiger partial charge in [-0.1, -0.05) is 83.7 Å². The fourth-order valence-corrected chi connectivity index (χ4v) is 3.46. The number of benzene rings is 1. The lowest BCUT2D eigenvalue weighted by atomic mass is 9.92. The fourth-order valence-electron chi connectivity index (χ4n) is 3.46. The standard InChI is InChI=1S/C17H19N.C10H22.C5H10/c1-5-6-17-14(4)10-16(11-18-17)15-8-7-12(2)13(3)9-15;1-5-7-10(4)8-9(3)6-2;1-4-5(2)3/h5-11H,1-4H3;9-10H,5-8H2,1-4H3;2,4H2,1,3H3/b6-5-;;. The second-order valence-corrected chi connectivity index (χ2v) is 9.68. The Kier molecular flexibility index (Phi) is 16.2. The Morgan fingerprint density at radius 3 is 2.00 bits per heavy atom. The second-order valence-electron chi connectivity index (χ2n) is 9.68. The zero-order valence-electron chi connectivity index (χ0n) is 23.4. The summed E-state index contributed by atoms with van der Waals surface area (Å²) in [5.41, 5.74) is 8.58. The van der Waals surface area contributed by atoms with E-state index in [4.69, 9.17) is 0 Å². The summed E-state index contributed by atoms with van der Waals surface area (Å²) in [5, 5.41) is 0. The maximum absolute atomic E-state index is 4.51. The molecule has 33 heavy (non-hydrogen) atoms. The molecule has 0 amide bonds. The summed E-state index contributed by atoms with van der Waals surface area (Å²) >= 11 is 0. The Hall–Kier alpha value is -2.15. The normalized spacial score (nSPS) is 12.3. The van der Waals surface area contributed by atoms with Crippen LogP contribution in [0.5, 0.6) is 0 Å². The monoisotopic (exact) mass is 449 g/mol. The molecule has 2 unspecified atom stereocenters. The van der Waals surface area contributed by atoms with Crippen LogP contribution in [0.3, 0.4) is 0 Å². The maximum Gasteiger partial charge on any atom is 0.0655 e. The molecule has 0 fully saturated rings. The first-order valence-corrected chi connectivity index (χ1v) is 12.9. The van der Waals surface area contributed by atoms with E-state index in [-0.39, 0.29) is 0 Å². The van der Waals surface area contributed by atoms with E-state index in [1.807, 2.05) is 32.2 Å². The number of pyridine rings is 1. The Morgan fingerprint density at radius 1 is 0.939 bits per heavy atom. The van der Waals surface area contributed by atoms with E-state index in [0.29, 0.717) is 0 Å². The maximum atomic E-state index is 4.51. The quantitative estimate of drug-likeness (QED) is 0.365. The summed E-state index contributed by atoms with van der Waals surface area (Å²) in [6.45, 7) is 25.5. The topological polar surface area (TPSA) is 12.9 Å². The van der Waals surface area contributed by atoms with Crippen molar-refractivity contribution in [3.8, 4) is 11.1 Å². The fraction of sp³-hybridized carbons (Fsp3) is 0.531. The third-order valence-corrected chi connectivity index (χ3v) is 6.17. The van der Waals surface area contributed by atoms with Crippen molar-refractivity contribution in [3.63, 3.8) is 0 Å². The van der Waals surface area contributed by atoms with Gasteiger partial charge in [0, 0.05) is 11.8 Å². The summed E-state index contributed by atoms with van der Waals surface area (Å²) < 4.78 is 0. The van der Waals surface area contributed by atoms with Gasteiger partial charge < -0.3 is 0 Å². The molecule has 2 rings (SSSR count). The zero-order chi connectivity index (χ0) is 25.4. The third kappa shape index (κ3) is 13.2. The number of hydrogen-bond acceptors (Lipinski definition) is 1. The number of rotatable bonds is 8. The van der Waals surface area contributed by atoms with Crippen LogP contribution in [0, 0.1) is 32.6 Å². The Labute approximate surface area is 206 Å². The minimum Gasteiger partial charge on any atom is -0.256 e. The Balaban J connectivity index is 0.000000576. The zero-order valence-corrected chi connectivity index (χ0v) is 23.4. The van der Waals surface area contributed by atoms with E-state index in [1.165, 1.54) is 59.1 Å². The molecule has 0 spiro atoms. The average molecular weight is 450 g/mol. The van der Waals surface area contributed by atoms with Crippen molar-refractivity contribution in [1.82, 2.24) is 4.98 Å². The molecule has 2 atom stereocenters. The molecule has 0 saturated carbocycles. The summed E-state index contributed by atoms with van der Waals surface area (Å²) in [5.74, 6) is 1.88. The van der Waals surface area contributed by atoms with E-state index >= 15 is 0 Å². The Morgan fingerprint density at radius 2 is 1.55 bits per heavy atom. The van der Waals surface area contributed by atoms with Crippen LogP contribution in [0.15, 0.2) is 48.7 Å². The van der Waals surface area contributed by atoms with Crippen molar-refractivity contribution in [3.05, 3.63) is 71.1 Å². The van der Waals surface area contributed by atoms with E-state index in [0.717, 1.165) is 24.0 Å². The SMILES string of the molecule is C/C=C\c1ncc(-c2ccc(C)c(C)c2)cc1C.C=C(C)CC.CCCC(C)CC(C)CC. The van der Waals surface area contributed by atoms with Gasteiger partial charge in [-0.3, -0.25) is 4.98 Å². The van der Waals surface area contributed by atoms with Gasteiger partial charge in [0.2, 0.25) is 0 Å². The first-order valence-electron chi connectivity index (χ1n) is 12.9. The number of aryl methyl sites for hydroxylation is 3. The van der Waals surface area contributed by atoms with Gasteiger partial charge in [-0.05, 0) is 93.7 Å². The van der Waals surface area contributed by atoms with Crippen LogP contribution in [-0.2, 0) is 0 Å². The Bertz CT molecular complexity index is 844. The molecule has 0 aliphatic carbocycles. The summed E-state index contributed by atoms with van der Waals surface area (Å²) in [7, 11) is 0. The highest BCUT2D eigenvalue weighted by Gasteiger charge is 2.05. The summed E-state index contributed by atoms with van der Waals surface area (Å²) in [6, 6.07) is 8.75. The van der Waals surface area contributed by atoms with Gasteiger partial charge in [0.15, 0.2) is 0 Å². The highest BCUT2D eigenvalue weighted by atomic mass is 14.7. The van der Waals surface area contributed by atoms with Crippen molar-refractivity contribution in [2.75, 3.05) is 0 Å². The molecule has 0 N–H and O–H groups in total. The van der Waals surface area contributed by atoms with Crippen LogP contribution in [0.25, 0.3) is 17.2 Å². The molecule has 2 aromatic rings. The van der Waals surface area contributed by atoms with Gasteiger partial charge in [0.1, 0.15) is 0 Å². The molecule has 184 valence electrons.